The number of rotatable bonds is 3. The molecule has 0 aromatic heterocycles. The normalized spacial score (nSPS) is 24.6. The highest BCUT2D eigenvalue weighted by Crippen LogP contribution is 2.45. The number of ether oxygens (including phenoxy) is 1. The molecule has 5 heteroatoms. The Hall–Kier alpha value is -1.81. The van der Waals surface area contributed by atoms with Crippen LogP contribution in [0.5, 0.6) is 0 Å². The highest BCUT2D eigenvalue weighted by molar-refractivity contribution is 6.42. The lowest BCUT2D eigenvalue weighted by molar-refractivity contribution is -0.130. The van der Waals surface area contributed by atoms with Crippen LogP contribution in [0.2, 0.25) is 10.0 Å². The van der Waals surface area contributed by atoms with E-state index in [-0.39, 0.29) is 11.5 Å². The maximum atomic E-state index is 12.9. The molecule has 2 bridgehead atoms. The van der Waals surface area contributed by atoms with Crippen molar-refractivity contribution in [3.63, 3.8) is 0 Å². The first-order chi connectivity index (χ1) is 12.8. The summed E-state index contributed by atoms with van der Waals surface area (Å²) < 4.78 is 5.77. The number of ketones is 1. The number of hydrogen-bond donors (Lipinski definition) is 1. The predicted octanol–water partition coefficient (Wildman–Crippen LogP) is 6.01. The summed E-state index contributed by atoms with van der Waals surface area (Å²) in [7, 11) is 0. The molecule has 0 amide bonds. The van der Waals surface area contributed by atoms with Crippen LogP contribution >= 0.6 is 23.2 Å². The summed E-state index contributed by atoms with van der Waals surface area (Å²) in [6, 6.07) is 11.4. The van der Waals surface area contributed by atoms with E-state index in [2.05, 4.69) is 0 Å². The number of benzene rings is 2. The quantitative estimate of drug-likeness (QED) is 0.683. The average molecular weight is 403 g/mol. The summed E-state index contributed by atoms with van der Waals surface area (Å²) in [6.07, 6.45) is 1.57. The minimum atomic E-state index is -0.763. The Kier molecular flexibility index (Phi) is 4.58. The van der Waals surface area contributed by atoms with Gasteiger partial charge in [-0.1, -0.05) is 54.4 Å². The van der Waals surface area contributed by atoms with Gasteiger partial charge in [0.15, 0.2) is 5.78 Å². The number of aliphatic hydroxyl groups is 1. The fraction of sp³-hybridized carbons (Fsp3) is 0.318. The molecule has 0 unspecified atom stereocenters. The minimum absolute atomic E-state index is 0.0539. The highest BCUT2D eigenvalue weighted by atomic mass is 35.5. The number of carbonyl (C=O) groups is 1. The topological polar surface area (TPSA) is 46.5 Å². The molecule has 2 aliphatic heterocycles. The van der Waals surface area contributed by atoms with Gasteiger partial charge in [-0.3, -0.25) is 4.79 Å². The average Bonchev–Trinajstić information content (AvgIpc) is 3.04. The van der Waals surface area contributed by atoms with E-state index < -0.39 is 11.7 Å². The smallest absolute Gasteiger partial charge is 0.195 e. The lowest BCUT2D eigenvalue weighted by Gasteiger charge is -2.31. The standard InChI is InChI=1S/C22H20Cl2O3/c1-3-12-10-13(14-5-7-16(23)17(24)11-14)4-6-15(12)19-20(25)18-8-9-22(2,27-18)21(19)26/h4-7,10-11,18,26H,3,8-9H2,1-2H3/t18-,22-/m1/s1. The number of carbonyl (C=O) groups excluding carboxylic acids is 1. The van der Waals surface area contributed by atoms with Gasteiger partial charge in [0, 0.05) is 0 Å². The van der Waals surface area contributed by atoms with E-state index in [1.165, 1.54) is 0 Å². The van der Waals surface area contributed by atoms with Crippen molar-refractivity contribution in [2.75, 3.05) is 0 Å². The number of hydrogen-bond acceptors (Lipinski definition) is 3. The molecule has 1 fully saturated rings. The van der Waals surface area contributed by atoms with Crippen molar-refractivity contribution >= 4 is 34.6 Å². The van der Waals surface area contributed by atoms with Crippen LogP contribution in [-0.2, 0) is 16.0 Å². The van der Waals surface area contributed by atoms with E-state index in [9.17, 15) is 9.90 Å². The summed E-state index contributed by atoms with van der Waals surface area (Å²) in [5.74, 6) is -0.0716. The third-order valence-electron chi connectivity index (χ3n) is 5.57. The van der Waals surface area contributed by atoms with Crippen molar-refractivity contribution in [1.82, 2.24) is 0 Å². The molecule has 0 spiro atoms. The fourth-order valence-electron chi connectivity index (χ4n) is 3.98. The van der Waals surface area contributed by atoms with Crippen LogP contribution in [0.25, 0.3) is 16.7 Å². The van der Waals surface area contributed by atoms with E-state index in [1.807, 2.05) is 44.2 Å². The van der Waals surface area contributed by atoms with Crippen molar-refractivity contribution < 1.29 is 14.6 Å². The van der Waals surface area contributed by atoms with E-state index >= 15 is 0 Å². The van der Waals surface area contributed by atoms with Gasteiger partial charge < -0.3 is 9.84 Å². The molecular weight excluding hydrogens is 383 g/mol. The molecule has 3 nitrogen and oxygen atoms in total. The third-order valence-corrected chi connectivity index (χ3v) is 6.31. The Bertz CT molecular complexity index is 980. The first-order valence-electron chi connectivity index (χ1n) is 9.08. The molecule has 2 aromatic carbocycles. The van der Waals surface area contributed by atoms with Crippen LogP contribution < -0.4 is 0 Å². The highest BCUT2D eigenvalue weighted by Gasteiger charge is 2.50. The van der Waals surface area contributed by atoms with Gasteiger partial charge in [0.05, 0.1) is 15.6 Å². The van der Waals surface area contributed by atoms with Gasteiger partial charge >= 0.3 is 0 Å². The van der Waals surface area contributed by atoms with E-state index in [1.54, 1.807) is 6.07 Å². The molecule has 2 heterocycles. The lowest BCUT2D eigenvalue weighted by atomic mass is 9.87. The van der Waals surface area contributed by atoms with E-state index in [0.29, 0.717) is 28.5 Å². The molecule has 0 saturated carbocycles. The molecule has 0 radical (unpaired) electrons. The molecule has 0 aliphatic carbocycles. The number of aryl methyl sites for hydroxylation is 1. The Morgan fingerprint density at radius 1 is 1.15 bits per heavy atom. The predicted molar refractivity (Wildman–Crippen MR) is 108 cm³/mol. The lowest BCUT2D eigenvalue weighted by Crippen LogP contribution is -2.37. The SMILES string of the molecule is CCc1cc(-c2ccc(Cl)c(Cl)c2)ccc1C1=C(O)[C@@]2(C)CC[C@@H](O2)C1=O. The number of aliphatic hydroxyl groups excluding tert-OH is 1. The first kappa shape index (κ1) is 18.5. The largest absolute Gasteiger partial charge is 0.508 e. The Labute approximate surface area is 168 Å². The second kappa shape index (κ2) is 6.66. The van der Waals surface area contributed by atoms with Crippen LogP contribution in [0, 0.1) is 0 Å². The maximum absolute atomic E-state index is 12.9. The fourth-order valence-corrected chi connectivity index (χ4v) is 4.28. The van der Waals surface area contributed by atoms with Crippen LogP contribution in [0.4, 0.5) is 0 Å². The van der Waals surface area contributed by atoms with E-state index in [0.717, 1.165) is 28.7 Å². The van der Waals surface area contributed by atoms with E-state index in [4.69, 9.17) is 27.9 Å². The molecule has 27 heavy (non-hydrogen) atoms. The number of halogens is 2. The first-order valence-corrected chi connectivity index (χ1v) is 9.84. The van der Waals surface area contributed by atoms with Gasteiger partial charge in [-0.05, 0) is 60.6 Å². The Morgan fingerprint density at radius 2 is 1.85 bits per heavy atom. The molecule has 140 valence electrons. The van der Waals surface area contributed by atoms with Gasteiger partial charge in [-0.2, -0.15) is 0 Å². The zero-order valence-corrected chi connectivity index (χ0v) is 16.7. The summed E-state index contributed by atoms with van der Waals surface area (Å²) in [5.41, 5.74) is 3.37. The van der Waals surface area contributed by atoms with Crippen molar-refractivity contribution in [3.05, 3.63) is 63.3 Å². The zero-order valence-electron chi connectivity index (χ0n) is 15.2. The Morgan fingerprint density at radius 3 is 2.56 bits per heavy atom. The maximum Gasteiger partial charge on any atom is 0.195 e. The number of Topliss-reactive ketones (excluding diaryl/α,β-unsaturated/α-hetero) is 1. The number of fused-ring (bicyclic) bond motifs is 2. The molecule has 2 atom stereocenters. The zero-order chi connectivity index (χ0) is 19.3. The van der Waals surface area contributed by atoms with Crippen molar-refractivity contribution in [2.45, 2.75) is 44.8 Å². The van der Waals surface area contributed by atoms with Gasteiger partial charge in [0.1, 0.15) is 17.5 Å². The molecular formula is C22H20Cl2O3. The second-order valence-corrected chi connectivity index (χ2v) is 8.13. The summed E-state index contributed by atoms with van der Waals surface area (Å²) >= 11 is 12.2. The third kappa shape index (κ3) is 2.98. The van der Waals surface area contributed by atoms with Crippen LogP contribution in [0.3, 0.4) is 0 Å². The summed E-state index contributed by atoms with van der Waals surface area (Å²) in [6.45, 7) is 3.89. The molecule has 1 saturated heterocycles. The van der Waals surface area contributed by atoms with Crippen LogP contribution in [0.1, 0.15) is 37.8 Å². The molecule has 1 N–H and O–H groups in total. The van der Waals surface area contributed by atoms with Gasteiger partial charge in [-0.15, -0.1) is 0 Å². The second-order valence-electron chi connectivity index (χ2n) is 7.32. The summed E-state index contributed by atoms with van der Waals surface area (Å²) in [4.78, 5) is 12.9. The monoisotopic (exact) mass is 402 g/mol. The molecule has 4 rings (SSSR count). The van der Waals surface area contributed by atoms with Crippen molar-refractivity contribution in [2.24, 2.45) is 0 Å². The van der Waals surface area contributed by atoms with Gasteiger partial charge in [-0.25, -0.2) is 0 Å². The van der Waals surface area contributed by atoms with Crippen LogP contribution in [-0.4, -0.2) is 22.6 Å². The molecule has 2 aliphatic rings. The minimum Gasteiger partial charge on any atom is -0.508 e. The van der Waals surface area contributed by atoms with Gasteiger partial charge in [0.25, 0.3) is 0 Å². The van der Waals surface area contributed by atoms with Gasteiger partial charge in [0.2, 0.25) is 0 Å². The van der Waals surface area contributed by atoms with Crippen LogP contribution in [0.15, 0.2) is 42.2 Å². The van der Waals surface area contributed by atoms with Crippen molar-refractivity contribution in [3.8, 4) is 11.1 Å². The van der Waals surface area contributed by atoms with Crippen molar-refractivity contribution in [1.29, 1.82) is 0 Å². The summed E-state index contributed by atoms with van der Waals surface area (Å²) in [5, 5.41) is 11.8. The Balaban J connectivity index is 1.83. The molecule has 2 aromatic rings.